The molecule has 0 radical (unpaired) electrons. The molecule has 0 atom stereocenters. The summed E-state index contributed by atoms with van der Waals surface area (Å²) in [7, 11) is 0. The quantitative estimate of drug-likeness (QED) is 0.836. The number of ether oxygens (including phenoxy) is 1. The van der Waals surface area contributed by atoms with Gasteiger partial charge in [-0.1, -0.05) is 25.1 Å². The number of hydrogen-bond acceptors (Lipinski definition) is 3. The minimum Gasteiger partial charge on any atom is -0.444 e. The number of nitrogens with one attached hydrogen (secondary N) is 2. The molecule has 2 amide bonds. The second-order valence-electron chi connectivity index (χ2n) is 6.67. The van der Waals surface area contributed by atoms with Crippen LogP contribution in [0.25, 0.3) is 0 Å². The highest BCUT2D eigenvalue weighted by Gasteiger charge is 2.16. The number of aryl methyl sites for hydroxylation is 1. The molecule has 2 aromatic carbocycles. The second kappa shape index (κ2) is 7.83. The van der Waals surface area contributed by atoms with Gasteiger partial charge in [0.2, 0.25) is 0 Å². The minimum atomic E-state index is -0.559. The van der Waals surface area contributed by atoms with Crippen molar-refractivity contribution in [3.63, 3.8) is 0 Å². The van der Waals surface area contributed by atoms with Gasteiger partial charge in [0.25, 0.3) is 5.91 Å². The minimum absolute atomic E-state index is 0.190. The molecule has 5 heteroatoms. The van der Waals surface area contributed by atoms with Crippen molar-refractivity contribution < 1.29 is 14.3 Å². The number of benzene rings is 2. The maximum atomic E-state index is 12.4. The van der Waals surface area contributed by atoms with E-state index in [4.69, 9.17) is 4.74 Å². The van der Waals surface area contributed by atoms with Crippen molar-refractivity contribution in [2.24, 2.45) is 0 Å². The molecule has 2 aromatic rings. The molecule has 5 nitrogen and oxygen atoms in total. The Labute approximate surface area is 148 Å². The Hall–Kier alpha value is -2.82. The molecule has 0 unspecified atom stereocenters. The summed E-state index contributed by atoms with van der Waals surface area (Å²) in [6, 6.07) is 14.4. The summed E-state index contributed by atoms with van der Waals surface area (Å²) in [4.78, 5) is 24.1. The summed E-state index contributed by atoms with van der Waals surface area (Å²) < 4.78 is 5.19. The number of hydrogen-bond donors (Lipinski definition) is 2. The van der Waals surface area contributed by atoms with Gasteiger partial charge in [-0.3, -0.25) is 10.1 Å². The Balaban J connectivity index is 2.02. The third-order valence-corrected chi connectivity index (χ3v) is 3.44. The molecule has 0 fully saturated rings. The maximum Gasteiger partial charge on any atom is 0.412 e. The average molecular weight is 340 g/mol. The van der Waals surface area contributed by atoms with E-state index in [1.807, 2.05) is 31.2 Å². The van der Waals surface area contributed by atoms with Crippen LogP contribution in [0.4, 0.5) is 16.2 Å². The first-order valence-corrected chi connectivity index (χ1v) is 8.28. The molecule has 0 saturated heterocycles. The topological polar surface area (TPSA) is 67.4 Å². The fourth-order valence-electron chi connectivity index (χ4n) is 2.27. The molecule has 2 N–H and O–H groups in total. The summed E-state index contributed by atoms with van der Waals surface area (Å²) >= 11 is 0. The lowest BCUT2D eigenvalue weighted by Gasteiger charge is -2.19. The Morgan fingerprint density at radius 3 is 2.20 bits per heavy atom. The Kier molecular flexibility index (Phi) is 5.80. The van der Waals surface area contributed by atoms with Crippen LogP contribution in [0.3, 0.4) is 0 Å². The highest BCUT2D eigenvalue weighted by molar-refractivity contribution is 6.05. The summed E-state index contributed by atoms with van der Waals surface area (Å²) in [5.74, 6) is -0.190. The SMILES string of the molecule is CCc1ccccc1NC(=O)c1ccc(NC(=O)OC(C)(C)C)cc1. The molecule has 0 aliphatic carbocycles. The summed E-state index contributed by atoms with van der Waals surface area (Å²) in [5, 5.41) is 5.56. The standard InChI is InChI=1S/C20H24N2O3/c1-5-14-8-6-7-9-17(14)22-18(23)15-10-12-16(13-11-15)21-19(24)25-20(2,3)4/h6-13H,5H2,1-4H3,(H,21,24)(H,22,23). The van der Waals surface area contributed by atoms with Gasteiger partial charge in [0, 0.05) is 16.9 Å². The predicted octanol–water partition coefficient (Wildman–Crippen LogP) is 4.85. The van der Waals surface area contributed by atoms with E-state index in [1.165, 1.54) is 0 Å². The zero-order chi connectivity index (χ0) is 18.4. The predicted molar refractivity (Wildman–Crippen MR) is 100 cm³/mol. The average Bonchev–Trinajstić information content (AvgIpc) is 2.54. The normalized spacial score (nSPS) is 10.9. The number of carbonyl (C=O) groups is 2. The summed E-state index contributed by atoms with van der Waals surface area (Å²) in [5.41, 5.74) is 2.42. The van der Waals surface area contributed by atoms with E-state index < -0.39 is 11.7 Å². The number of carbonyl (C=O) groups excluding carboxylic acids is 2. The first kappa shape index (κ1) is 18.5. The molecule has 0 aliphatic heterocycles. The van der Waals surface area contributed by atoms with Crippen LogP contribution in [0.15, 0.2) is 48.5 Å². The van der Waals surface area contributed by atoms with Crippen molar-refractivity contribution in [3.05, 3.63) is 59.7 Å². The van der Waals surface area contributed by atoms with Crippen LogP contribution in [0.5, 0.6) is 0 Å². The molecular weight excluding hydrogens is 316 g/mol. The third-order valence-electron chi connectivity index (χ3n) is 3.44. The van der Waals surface area contributed by atoms with Gasteiger partial charge < -0.3 is 10.1 Å². The van der Waals surface area contributed by atoms with Gasteiger partial charge in [0.15, 0.2) is 0 Å². The van der Waals surface area contributed by atoms with Gasteiger partial charge in [0.05, 0.1) is 0 Å². The van der Waals surface area contributed by atoms with E-state index in [9.17, 15) is 9.59 Å². The lowest BCUT2D eigenvalue weighted by Crippen LogP contribution is -2.27. The van der Waals surface area contributed by atoms with Crippen molar-refractivity contribution in [1.29, 1.82) is 0 Å². The van der Waals surface area contributed by atoms with Crippen molar-refractivity contribution in [2.45, 2.75) is 39.7 Å². The van der Waals surface area contributed by atoms with Crippen molar-refractivity contribution in [1.82, 2.24) is 0 Å². The van der Waals surface area contributed by atoms with Crippen molar-refractivity contribution in [3.8, 4) is 0 Å². The third kappa shape index (κ3) is 5.64. The van der Waals surface area contributed by atoms with Crippen LogP contribution in [0, 0.1) is 0 Å². The molecule has 25 heavy (non-hydrogen) atoms. The smallest absolute Gasteiger partial charge is 0.412 e. The number of anilines is 2. The maximum absolute atomic E-state index is 12.4. The second-order valence-corrected chi connectivity index (χ2v) is 6.67. The fourth-order valence-corrected chi connectivity index (χ4v) is 2.27. The molecule has 0 bridgehead atoms. The van der Waals surface area contributed by atoms with Gasteiger partial charge in [-0.05, 0) is 63.1 Å². The first-order chi connectivity index (χ1) is 11.8. The van der Waals surface area contributed by atoms with E-state index in [0.29, 0.717) is 11.3 Å². The molecule has 0 spiro atoms. The van der Waals surface area contributed by atoms with E-state index in [0.717, 1.165) is 17.7 Å². The first-order valence-electron chi connectivity index (χ1n) is 8.28. The van der Waals surface area contributed by atoms with E-state index in [1.54, 1.807) is 45.0 Å². The largest absolute Gasteiger partial charge is 0.444 e. The van der Waals surface area contributed by atoms with Gasteiger partial charge in [0.1, 0.15) is 5.60 Å². The van der Waals surface area contributed by atoms with Crippen molar-refractivity contribution in [2.75, 3.05) is 10.6 Å². The van der Waals surface area contributed by atoms with Crippen LogP contribution in [0.1, 0.15) is 43.6 Å². The van der Waals surface area contributed by atoms with Gasteiger partial charge in [-0.2, -0.15) is 0 Å². The highest BCUT2D eigenvalue weighted by atomic mass is 16.6. The van der Waals surface area contributed by atoms with E-state index in [-0.39, 0.29) is 5.91 Å². The number of amides is 2. The molecular formula is C20H24N2O3. The van der Waals surface area contributed by atoms with Gasteiger partial charge >= 0.3 is 6.09 Å². The lowest BCUT2D eigenvalue weighted by atomic mass is 10.1. The molecule has 132 valence electrons. The van der Waals surface area contributed by atoms with Crippen LogP contribution in [-0.2, 0) is 11.2 Å². The molecule has 0 heterocycles. The van der Waals surface area contributed by atoms with Crippen LogP contribution >= 0.6 is 0 Å². The summed E-state index contributed by atoms with van der Waals surface area (Å²) in [6.07, 6.45) is 0.316. The fraction of sp³-hybridized carbons (Fsp3) is 0.300. The summed E-state index contributed by atoms with van der Waals surface area (Å²) in [6.45, 7) is 7.44. The lowest BCUT2D eigenvalue weighted by molar-refractivity contribution is 0.0636. The Morgan fingerprint density at radius 1 is 0.960 bits per heavy atom. The molecule has 0 saturated carbocycles. The number of rotatable bonds is 4. The monoisotopic (exact) mass is 340 g/mol. The zero-order valence-corrected chi connectivity index (χ0v) is 15.1. The van der Waals surface area contributed by atoms with Gasteiger partial charge in [-0.15, -0.1) is 0 Å². The molecule has 2 rings (SSSR count). The van der Waals surface area contributed by atoms with Crippen LogP contribution < -0.4 is 10.6 Å². The van der Waals surface area contributed by atoms with E-state index >= 15 is 0 Å². The highest BCUT2D eigenvalue weighted by Crippen LogP contribution is 2.18. The van der Waals surface area contributed by atoms with Crippen LogP contribution in [-0.4, -0.2) is 17.6 Å². The zero-order valence-electron chi connectivity index (χ0n) is 15.1. The Morgan fingerprint density at radius 2 is 1.60 bits per heavy atom. The van der Waals surface area contributed by atoms with Crippen molar-refractivity contribution >= 4 is 23.4 Å². The molecule has 0 aliphatic rings. The van der Waals surface area contributed by atoms with Gasteiger partial charge in [-0.25, -0.2) is 4.79 Å². The Bertz CT molecular complexity index is 746. The van der Waals surface area contributed by atoms with Crippen LogP contribution in [0.2, 0.25) is 0 Å². The number of para-hydroxylation sites is 1. The molecule has 0 aromatic heterocycles. The van der Waals surface area contributed by atoms with E-state index in [2.05, 4.69) is 10.6 Å².